The molecular weight excluding hydrogens is 779 g/mol. The number of aromatic nitrogens is 5. The number of nitrogen functional groups attached to an aromatic ring is 1. The number of carboxylic acids is 2. The summed E-state index contributed by atoms with van der Waals surface area (Å²) in [6, 6.07) is 0.0737. The van der Waals surface area contributed by atoms with Gasteiger partial charge in [-0.2, -0.15) is 4.98 Å². The van der Waals surface area contributed by atoms with Gasteiger partial charge in [-0.1, -0.05) is 16.9 Å². The number of esters is 3. The van der Waals surface area contributed by atoms with Gasteiger partial charge in [0.1, 0.15) is 35.6 Å². The smallest absolute Gasteiger partial charge is 0.366 e. The second kappa shape index (κ2) is 16.5. The summed E-state index contributed by atoms with van der Waals surface area (Å²) in [6.45, 7) is 2.48. The molecule has 4 heterocycles. The zero-order valence-corrected chi connectivity index (χ0v) is 29.9. The Kier molecular flexibility index (Phi) is 11.8. The summed E-state index contributed by atoms with van der Waals surface area (Å²) in [5.74, 6) is -10.1. The van der Waals surface area contributed by atoms with E-state index in [1.54, 1.807) is 0 Å². The lowest BCUT2D eigenvalue weighted by Gasteiger charge is -2.49. The van der Waals surface area contributed by atoms with E-state index in [2.05, 4.69) is 31.0 Å². The summed E-state index contributed by atoms with van der Waals surface area (Å²) < 4.78 is 21.0. The van der Waals surface area contributed by atoms with E-state index in [0.29, 0.717) is 5.57 Å². The van der Waals surface area contributed by atoms with Crippen LogP contribution in [-0.4, -0.2) is 117 Å². The van der Waals surface area contributed by atoms with E-state index in [4.69, 9.17) is 34.3 Å². The first kappa shape index (κ1) is 39.4. The average Bonchev–Trinajstić information content (AvgIpc) is 3.73. The molecule has 0 bridgehead atoms. The van der Waals surface area contributed by atoms with Crippen LogP contribution < -0.4 is 25.3 Å². The van der Waals surface area contributed by atoms with Crippen LogP contribution in [0.2, 0.25) is 0 Å². The fourth-order valence-electron chi connectivity index (χ4n) is 4.82. The Balaban J connectivity index is 1.37. The lowest BCUT2D eigenvalue weighted by Crippen LogP contribution is -2.71. The minimum Gasteiger partial charge on any atom is -0.480 e. The van der Waals surface area contributed by atoms with E-state index < -0.39 is 100 Å². The van der Waals surface area contributed by atoms with Gasteiger partial charge >= 0.3 is 35.8 Å². The topological polar surface area (TPSA) is 337 Å². The minimum atomic E-state index is -1.44. The van der Waals surface area contributed by atoms with Gasteiger partial charge < -0.3 is 44.7 Å². The number of carbonyl (C=O) groups is 8. The Labute approximate surface area is 314 Å². The van der Waals surface area contributed by atoms with Crippen LogP contribution in [0.5, 0.6) is 17.2 Å². The minimum absolute atomic E-state index is 0.0187. The molecule has 1 saturated heterocycles. The number of fused-ring (bicyclic) bond motifs is 1. The molecule has 288 valence electrons. The third-order valence-corrected chi connectivity index (χ3v) is 9.29. The molecule has 0 radical (unpaired) electrons. The van der Waals surface area contributed by atoms with Crippen molar-refractivity contribution in [2.24, 2.45) is 5.16 Å². The van der Waals surface area contributed by atoms with E-state index in [1.165, 1.54) is 0 Å². The van der Waals surface area contributed by atoms with Crippen molar-refractivity contribution in [2.75, 3.05) is 17.2 Å². The fraction of sp³-hybridized carbons (Fsp3) is 0.276. The van der Waals surface area contributed by atoms with Crippen LogP contribution in [-0.2, 0) is 44.9 Å². The van der Waals surface area contributed by atoms with Crippen molar-refractivity contribution in [3.63, 3.8) is 0 Å². The standard InChI is InChI=1S/C29H25N9O15S2/c1-10(39)50-16-4-13(5-17(51-11(2)40)22(16)52-12(3)41)27(48)53-34-19(15-7-49-28(30)31-15)23(44)32-20-24(45)38-21(26(46)47)14(8-54-25(20)38)9-55-29-33-35-36-37(29)6-18(42)43/h4-5,7,20,25H,6,8-9H2,1-3H3,(H2,30,31)(H,32,44)(H,42,43)(H,46,47)/b34-19-/t20-,25+/m1/s1. The molecule has 5 rings (SSSR count). The first-order chi connectivity index (χ1) is 26.0. The molecule has 2 aliphatic heterocycles. The first-order valence-corrected chi connectivity index (χ1v) is 17.1. The van der Waals surface area contributed by atoms with Crippen molar-refractivity contribution in [3.8, 4) is 17.2 Å². The highest BCUT2D eigenvalue weighted by Crippen LogP contribution is 2.42. The fourth-order valence-corrected chi connectivity index (χ4v) is 7.19. The number of aliphatic carboxylic acids is 2. The molecule has 0 spiro atoms. The summed E-state index contributed by atoms with van der Waals surface area (Å²) in [4.78, 5) is 108. The number of nitrogens with zero attached hydrogens (tertiary/aromatic N) is 7. The number of amides is 2. The molecule has 5 N–H and O–H groups in total. The molecule has 2 amide bonds. The number of hydrogen-bond donors (Lipinski definition) is 4. The van der Waals surface area contributed by atoms with Crippen molar-refractivity contribution >= 4 is 82.9 Å². The first-order valence-electron chi connectivity index (χ1n) is 15.1. The number of oxime groups is 1. The van der Waals surface area contributed by atoms with Gasteiger partial charge in [0.25, 0.3) is 17.8 Å². The Morgan fingerprint density at radius 3 is 2.27 bits per heavy atom. The van der Waals surface area contributed by atoms with Crippen LogP contribution in [0.3, 0.4) is 0 Å². The maximum Gasteiger partial charge on any atom is 0.366 e. The zero-order valence-electron chi connectivity index (χ0n) is 28.2. The summed E-state index contributed by atoms with van der Waals surface area (Å²) in [5.41, 5.74) is 3.94. The van der Waals surface area contributed by atoms with Crippen molar-refractivity contribution in [1.29, 1.82) is 0 Å². The number of oxazole rings is 1. The second-order valence-corrected chi connectivity index (χ2v) is 12.9. The molecule has 2 atom stereocenters. The van der Waals surface area contributed by atoms with E-state index in [9.17, 15) is 43.5 Å². The van der Waals surface area contributed by atoms with Gasteiger partial charge in [-0.25, -0.2) is 14.3 Å². The van der Waals surface area contributed by atoms with E-state index in [-0.39, 0.29) is 28.1 Å². The lowest BCUT2D eigenvalue weighted by molar-refractivity contribution is -0.150. The number of hydrogen-bond acceptors (Lipinski definition) is 21. The number of rotatable bonds is 14. The highest BCUT2D eigenvalue weighted by Gasteiger charge is 2.54. The Morgan fingerprint density at radius 2 is 1.71 bits per heavy atom. The second-order valence-electron chi connectivity index (χ2n) is 10.9. The van der Waals surface area contributed by atoms with Crippen LogP contribution in [0.15, 0.2) is 44.4 Å². The quantitative estimate of drug-likeness (QED) is 0.0295. The molecule has 3 aromatic rings. The Bertz CT molecular complexity index is 2160. The van der Waals surface area contributed by atoms with Crippen LogP contribution in [0.25, 0.3) is 0 Å². The molecule has 2 aliphatic rings. The predicted molar refractivity (Wildman–Crippen MR) is 179 cm³/mol. The number of nitrogens with one attached hydrogen (secondary N) is 1. The van der Waals surface area contributed by atoms with Gasteiger partial charge in [0.05, 0.1) is 5.56 Å². The van der Waals surface area contributed by atoms with Crippen LogP contribution in [0.4, 0.5) is 6.01 Å². The molecule has 24 nitrogen and oxygen atoms in total. The van der Waals surface area contributed by atoms with Gasteiger partial charge in [-0.15, -0.1) is 16.9 Å². The largest absolute Gasteiger partial charge is 0.480 e. The number of thioether (sulfide) groups is 2. The molecule has 0 saturated carbocycles. The molecule has 2 aromatic heterocycles. The van der Waals surface area contributed by atoms with E-state index >= 15 is 0 Å². The number of ether oxygens (including phenoxy) is 3. The summed E-state index contributed by atoms with van der Waals surface area (Å²) in [6.07, 6.45) is 0.888. The van der Waals surface area contributed by atoms with E-state index in [0.717, 1.165) is 72.3 Å². The monoisotopic (exact) mass is 803 g/mol. The van der Waals surface area contributed by atoms with Crippen molar-refractivity contribution < 1.29 is 72.0 Å². The number of benzene rings is 1. The van der Waals surface area contributed by atoms with Gasteiger partial charge in [0.15, 0.2) is 17.2 Å². The molecule has 0 unspecified atom stereocenters. The highest BCUT2D eigenvalue weighted by molar-refractivity contribution is 8.01. The maximum absolute atomic E-state index is 13.6. The number of carboxylic acid groups (broad SMARTS) is 2. The van der Waals surface area contributed by atoms with Gasteiger partial charge in [-0.3, -0.25) is 33.7 Å². The number of carbonyl (C=O) groups excluding carboxylic acids is 6. The van der Waals surface area contributed by atoms with E-state index in [1.807, 2.05) is 0 Å². The summed E-state index contributed by atoms with van der Waals surface area (Å²) in [5, 5.41) is 35.0. The maximum atomic E-state index is 13.6. The normalized spacial score (nSPS) is 16.4. The zero-order chi connectivity index (χ0) is 40.1. The predicted octanol–water partition coefficient (Wildman–Crippen LogP) is -0.804. The van der Waals surface area contributed by atoms with Gasteiger partial charge in [0.2, 0.25) is 10.9 Å². The van der Waals surface area contributed by atoms with Crippen LogP contribution in [0.1, 0.15) is 36.8 Å². The molecule has 26 heteroatoms. The van der Waals surface area contributed by atoms with Crippen LogP contribution >= 0.6 is 23.5 Å². The number of nitrogens with two attached hydrogens (primary N) is 1. The third kappa shape index (κ3) is 9.04. The SMILES string of the molecule is CC(=O)Oc1cc(C(=O)O/N=C(\C(=O)N[C@@H]2C(=O)N3C(C(=O)O)=C(CSc4nnnn4CC(=O)O)CS[C@@H]23)c2coc(N)n2)cc(OC(C)=O)c1OC(C)=O. The van der Waals surface area contributed by atoms with Crippen LogP contribution in [0, 0.1) is 0 Å². The molecule has 55 heavy (non-hydrogen) atoms. The average molecular weight is 804 g/mol. The number of β-lactam (4-membered cyclic amide) rings is 1. The summed E-state index contributed by atoms with van der Waals surface area (Å²) >= 11 is 2.07. The Morgan fingerprint density at radius 1 is 1.05 bits per heavy atom. The van der Waals surface area contributed by atoms with Crippen molar-refractivity contribution in [1.82, 2.24) is 35.4 Å². The number of anilines is 1. The molecule has 1 aromatic carbocycles. The van der Waals surface area contributed by atoms with Gasteiger partial charge in [-0.05, 0) is 28.1 Å². The molecule has 0 aliphatic carbocycles. The number of tetrazole rings is 1. The molecule has 1 fully saturated rings. The lowest BCUT2D eigenvalue weighted by atomic mass is 10.0. The Hall–Kier alpha value is -6.83. The summed E-state index contributed by atoms with van der Waals surface area (Å²) in [7, 11) is 0. The molecular formula is C29H25N9O15S2. The third-order valence-electron chi connectivity index (χ3n) is 6.91. The van der Waals surface area contributed by atoms with Crippen molar-refractivity contribution in [3.05, 3.63) is 40.9 Å². The van der Waals surface area contributed by atoms with Crippen molar-refractivity contribution in [2.45, 2.75) is 43.9 Å². The van der Waals surface area contributed by atoms with Gasteiger partial charge in [0, 0.05) is 32.3 Å². The highest BCUT2D eigenvalue weighted by atomic mass is 32.2.